The van der Waals surface area contributed by atoms with Crippen LogP contribution in [0, 0.1) is 5.92 Å². The molecule has 0 saturated heterocycles. The van der Waals surface area contributed by atoms with Gasteiger partial charge in [0.15, 0.2) is 0 Å². The van der Waals surface area contributed by atoms with Gasteiger partial charge in [-0.3, -0.25) is 10.5 Å². The SMILES string of the molecule is CCOC(C1CCCCC1)C(NN)c1ccn(C)n1. The summed E-state index contributed by atoms with van der Waals surface area (Å²) >= 11 is 0. The molecule has 2 atom stereocenters. The number of nitrogens with one attached hydrogen (secondary N) is 1. The Morgan fingerprint density at radius 2 is 2.21 bits per heavy atom. The van der Waals surface area contributed by atoms with Gasteiger partial charge < -0.3 is 4.74 Å². The van der Waals surface area contributed by atoms with Crippen molar-refractivity contribution >= 4 is 0 Å². The fraction of sp³-hybridized carbons (Fsp3) is 0.786. The predicted octanol–water partition coefficient (Wildman–Crippen LogP) is 1.91. The number of hydrogen-bond donors (Lipinski definition) is 2. The van der Waals surface area contributed by atoms with E-state index in [0.29, 0.717) is 12.5 Å². The van der Waals surface area contributed by atoms with E-state index in [1.807, 2.05) is 30.9 Å². The standard InChI is InChI=1S/C14H26N4O/c1-3-19-14(11-7-5-4-6-8-11)13(16-15)12-9-10-18(2)17-12/h9-11,13-14,16H,3-8,15H2,1-2H3. The number of rotatable bonds is 6. The minimum atomic E-state index is -0.0238. The van der Waals surface area contributed by atoms with Crippen LogP contribution in [0.1, 0.15) is 50.8 Å². The van der Waals surface area contributed by atoms with Crippen molar-refractivity contribution in [2.24, 2.45) is 18.8 Å². The van der Waals surface area contributed by atoms with Crippen LogP contribution in [0.5, 0.6) is 0 Å². The van der Waals surface area contributed by atoms with Crippen molar-refractivity contribution in [1.82, 2.24) is 15.2 Å². The quantitative estimate of drug-likeness (QED) is 0.610. The van der Waals surface area contributed by atoms with Crippen molar-refractivity contribution < 1.29 is 4.74 Å². The zero-order valence-electron chi connectivity index (χ0n) is 12.0. The fourth-order valence-corrected chi connectivity index (χ4v) is 3.11. The van der Waals surface area contributed by atoms with E-state index >= 15 is 0 Å². The van der Waals surface area contributed by atoms with Crippen molar-refractivity contribution in [3.8, 4) is 0 Å². The molecule has 0 aromatic carbocycles. The normalized spacial score (nSPS) is 20.4. The summed E-state index contributed by atoms with van der Waals surface area (Å²) in [5.41, 5.74) is 3.88. The van der Waals surface area contributed by atoms with Gasteiger partial charge in [-0.15, -0.1) is 0 Å². The average Bonchev–Trinajstić information content (AvgIpc) is 2.86. The lowest BCUT2D eigenvalue weighted by Crippen LogP contribution is -2.43. The molecule has 1 aromatic rings. The highest BCUT2D eigenvalue weighted by Gasteiger charge is 2.32. The van der Waals surface area contributed by atoms with E-state index in [0.717, 1.165) is 5.69 Å². The third-order valence-electron chi connectivity index (χ3n) is 4.03. The monoisotopic (exact) mass is 266 g/mol. The highest BCUT2D eigenvalue weighted by Crippen LogP contribution is 2.33. The first-order valence-electron chi connectivity index (χ1n) is 7.33. The molecule has 1 aliphatic rings. The Hall–Kier alpha value is -0.910. The lowest BCUT2D eigenvalue weighted by Gasteiger charge is -2.34. The summed E-state index contributed by atoms with van der Waals surface area (Å²) in [5.74, 6) is 6.35. The van der Waals surface area contributed by atoms with Crippen LogP contribution in [0.3, 0.4) is 0 Å². The Kier molecular flexibility index (Phi) is 5.36. The minimum absolute atomic E-state index is 0.0238. The van der Waals surface area contributed by atoms with E-state index in [-0.39, 0.29) is 12.1 Å². The molecule has 0 amide bonds. The summed E-state index contributed by atoms with van der Waals surface area (Å²) in [6.45, 7) is 2.76. The molecule has 19 heavy (non-hydrogen) atoms. The van der Waals surface area contributed by atoms with Crippen LogP contribution in [0.4, 0.5) is 0 Å². The molecule has 0 bridgehead atoms. The van der Waals surface area contributed by atoms with Gasteiger partial charge in [0.25, 0.3) is 0 Å². The highest BCUT2D eigenvalue weighted by atomic mass is 16.5. The zero-order valence-corrected chi connectivity index (χ0v) is 12.0. The van der Waals surface area contributed by atoms with E-state index in [1.54, 1.807) is 0 Å². The van der Waals surface area contributed by atoms with Crippen molar-refractivity contribution in [2.75, 3.05) is 6.61 Å². The average molecular weight is 266 g/mol. The first-order chi connectivity index (χ1) is 9.26. The highest BCUT2D eigenvalue weighted by molar-refractivity contribution is 5.08. The predicted molar refractivity (Wildman–Crippen MR) is 75.3 cm³/mol. The van der Waals surface area contributed by atoms with Gasteiger partial charge in [-0.2, -0.15) is 5.10 Å². The molecule has 0 spiro atoms. The second-order valence-corrected chi connectivity index (χ2v) is 5.38. The van der Waals surface area contributed by atoms with Gasteiger partial charge in [0.1, 0.15) is 0 Å². The van der Waals surface area contributed by atoms with E-state index in [2.05, 4.69) is 10.5 Å². The second kappa shape index (κ2) is 7.03. The number of aryl methyl sites for hydroxylation is 1. The minimum Gasteiger partial charge on any atom is -0.376 e. The maximum Gasteiger partial charge on any atom is 0.0914 e. The van der Waals surface area contributed by atoms with Gasteiger partial charge in [0.2, 0.25) is 0 Å². The van der Waals surface area contributed by atoms with E-state index in [9.17, 15) is 0 Å². The van der Waals surface area contributed by atoms with Crippen LogP contribution in [0.15, 0.2) is 12.3 Å². The van der Waals surface area contributed by atoms with E-state index in [1.165, 1.54) is 32.1 Å². The number of ether oxygens (including phenoxy) is 1. The third-order valence-corrected chi connectivity index (χ3v) is 4.03. The van der Waals surface area contributed by atoms with Crippen molar-refractivity contribution in [3.63, 3.8) is 0 Å². The number of aromatic nitrogens is 2. The fourth-order valence-electron chi connectivity index (χ4n) is 3.11. The molecular formula is C14H26N4O. The van der Waals surface area contributed by atoms with Gasteiger partial charge in [-0.05, 0) is 31.7 Å². The number of nitrogens with zero attached hydrogens (tertiary/aromatic N) is 2. The Balaban J connectivity index is 2.14. The molecule has 1 saturated carbocycles. The van der Waals surface area contributed by atoms with Crippen molar-refractivity contribution in [3.05, 3.63) is 18.0 Å². The molecule has 0 aliphatic heterocycles. The molecule has 5 heteroatoms. The molecule has 108 valence electrons. The maximum atomic E-state index is 6.01. The molecule has 2 rings (SSSR count). The lowest BCUT2D eigenvalue weighted by molar-refractivity contribution is -0.0194. The van der Waals surface area contributed by atoms with Crippen LogP contribution in [-0.2, 0) is 11.8 Å². The molecular weight excluding hydrogens is 240 g/mol. The third kappa shape index (κ3) is 3.55. The summed E-state index contributed by atoms with van der Waals surface area (Å²) in [5, 5.41) is 4.47. The summed E-state index contributed by atoms with van der Waals surface area (Å²) in [7, 11) is 1.92. The number of hydrogen-bond acceptors (Lipinski definition) is 4. The van der Waals surface area contributed by atoms with Crippen LogP contribution >= 0.6 is 0 Å². The largest absolute Gasteiger partial charge is 0.376 e. The molecule has 1 aromatic heterocycles. The molecule has 1 aliphatic carbocycles. The Morgan fingerprint density at radius 3 is 2.74 bits per heavy atom. The number of hydrazine groups is 1. The van der Waals surface area contributed by atoms with Crippen LogP contribution in [0.2, 0.25) is 0 Å². The van der Waals surface area contributed by atoms with Gasteiger partial charge in [-0.25, -0.2) is 5.43 Å². The van der Waals surface area contributed by atoms with Gasteiger partial charge >= 0.3 is 0 Å². The second-order valence-electron chi connectivity index (χ2n) is 5.38. The van der Waals surface area contributed by atoms with Crippen molar-refractivity contribution in [1.29, 1.82) is 0 Å². The number of nitrogens with two attached hydrogens (primary N) is 1. The Labute approximate surface area is 115 Å². The van der Waals surface area contributed by atoms with E-state index in [4.69, 9.17) is 10.6 Å². The molecule has 0 radical (unpaired) electrons. The van der Waals surface area contributed by atoms with E-state index < -0.39 is 0 Å². The first kappa shape index (κ1) is 14.5. The molecule has 3 N–H and O–H groups in total. The summed E-state index contributed by atoms with van der Waals surface area (Å²) in [4.78, 5) is 0. The smallest absolute Gasteiger partial charge is 0.0914 e. The van der Waals surface area contributed by atoms with Crippen LogP contribution in [0.25, 0.3) is 0 Å². The topological polar surface area (TPSA) is 65.1 Å². The van der Waals surface area contributed by atoms with Crippen LogP contribution < -0.4 is 11.3 Å². The van der Waals surface area contributed by atoms with Gasteiger partial charge in [0.05, 0.1) is 17.8 Å². The van der Waals surface area contributed by atoms with Crippen LogP contribution in [-0.4, -0.2) is 22.5 Å². The molecule has 1 heterocycles. The molecule has 2 unspecified atom stereocenters. The van der Waals surface area contributed by atoms with Crippen molar-refractivity contribution in [2.45, 2.75) is 51.2 Å². The lowest BCUT2D eigenvalue weighted by atomic mass is 9.82. The molecule has 5 nitrogen and oxygen atoms in total. The maximum absolute atomic E-state index is 6.01. The first-order valence-corrected chi connectivity index (χ1v) is 7.33. The summed E-state index contributed by atoms with van der Waals surface area (Å²) in [6, 6.07) is 1.99. The van der Waals surface area contributed by atoms with Gasteiger partial charge in [0, 0.05) is 19.9 Å². The molecule has 1 fully saturated rings. The van der Waals surface area contributed by atoms with Gasteiger partial charge in [-0.1, -0.05) is 19.3 Å². The summed E-state index contributed by atoms with van der Waals surface area (Å²) in [6.07, 6.45) is 8.47. The zero-order chi connectivity index (χ0) is 13.7. The summed E-state index contributed by atoms with van der Waals surface area (Å²) < 4.78 is 7.82. The Morgan fingerprint density at radius 1 is 1.47 bits per heavy atom. The Bertz CT molecular complexity index is 373.